The highest BCUT2D eigenvalue weighted by Gasteiger charge is 2.11. The smallest absolute Gasteiger partial charge is 0.338 e. The van der Waals surface area contributed by atoms with E-state index in [1.54, 1.807) is 6.92 Å². The summed E-state index contributed by atoms with van der Waals surface area (Å²) in [6, 6.07) is 2.58. The fraction of sp³-hybridized carbons (Fsp3) is 0.222. The lowest BCUT2D eigenvalue weighted by atomic mass is 10.2. The molecule has 3 N–H and O–H groups in total. The summed E-state index contributed by atoms with van der Waals surface area (Å²) in [6.07, 6.45) is 0. The summed E-state index contributed by atoms with van der Waals surface area (Å²) in [5, 5.41) is 9.32. The molecule has 1 aromatic rings. The molecule has 14 heavy (non-hydrogen) atoms. The van der Waals surface area contributed by atoms with Crippen LogP contribution in [0, 0.1) is 0 Å². The Kier molecular flexibility index (Phi) is 3.19. The van der Waals surface area contributed by atoms with Crippen molar-refractivity contribution in [3.05, 3.63) is 22.7 Å². The van der Waals surface area contributed by atoms with Crippen LogP contribution in [0.5, 0.6) is 5.75 Å². The number of nitrogen functional groups attached to an aromatic ring is 1. The zero-order valence-electron chi connectivity index (χ0n) is 7.58. The lowest BCUT2D eigenvalue weighted by molar-refractivity contribution is 0.0526. The first-order valence-electron chi connectivity index (χ1n) is 4.01. The molecule has 0 heterocycles. The van der Waals surface area contributed by atoms with Gasteiger partial charge in [0, 0.05) is 0 Å². The van der Waals surface area contributed by atoms with Gasteiger partial charge in [-0.3, -0.25) is 0 Å². The number of carbonyl (C=O) groups excluding carboxylic acids is 1. The zero-order valence-corrected chi connectivity index (χ0v) is 8.34. The van der Waals surface area contributed by atoms with Gasteiger partial charge in [-0.1, -0.05) is 11.6 Å². The Balaban J connectivity index is 3.06. The van der Waals surface area contributed by atoms with E-state index in [0.29, 0.717) is 0 Å². The maximum Gasteiger partial charge on any atom is 0.338 e. The number of rotatable bonds is 2. The number of halogens is 1. The fourth-order valence-electron chi connectivity index (χ4n) is 0.963. The van der Waals surface area contributed by atoms with E-state index in [1.165, 1.54) is 12.1 Å². The van der Waals surface area contributed by atoms with Crippen molar-refractivity contribution >= 4 is 23.3 Å². The Bertz CT molecular complexity index is 342. The van der Waals surface area contributed by atoms with Crippen molar-refractivity contribution in [1.82, 2.24) is 0 Å². The number of carbonyl (C=O) groups is 1. The molecule has 0 fully saturated rings. The molecule has 1 rings (SSSR count). The molecule has 4 nitrogen and oxygen atoms in total. The number of ether oxygens (including phenoxy) is 1. The van der Waals surface area contributed by atoms with Gasteiger partial charge in [0.1, 0.15) is 10.8 Å². The van der Waals surface area contributed by atoms with Gasteiger partial charge in [-0.2, -0.15) is 0 Å². The molecule has 0 saturated carbocycles. The third kappa shape index (κ3) is 2.09. The van der Waals surface area contributed by atoms with Crippen molar-refractivity contribution < 1.29 is 14.6 Å². The lowest BCUT2D eigenvalue weighted by Crippen LogP contribution is -2.05. The highest BCUT2D eigenvalue weighted by molar-refractivity contribution is 6.34. The van der Waals surface area contributed by atoms with Crippen LogP contribution < -0.4 is 5.73 Å². The first-order chi connectivity index (χ1) is 6.56. The van der Waals surface area contributed by atoms with E-state index in [0.717, 1.165) is 0 Å². The van der Waals surface area contributed by atoms with E-state index in [2.05, 4.69) is 0 Å². The zero-order chi connectivity index (χ0) is 10.7. The van der Waals surface area contributed by atoms with Gasteiger partial charge in [-0.15, -0.1) is 0 Å². The minimum Gasteiger partial charge on any atom is -0.506 e. The Morgan fingerprint density at radius 1 is 1.64 bits per heavy atom. The summed E-state index contributed by atoms with van der Waals surface area (Å²) < 4.78 is 4.73. The van der Waals surface area contributed by atoms with Crippen molar-refractivity contribution in [2.45, 2.75) is 6.92 Å². The number of hydrogen-bond donors (Lipinski definition) is 2. The molecule has 0 atom stereocenters. The average molecular weight is 216 g/mol. The van der Waals surface area contributed by atoms with Gasteiger partial charge >= 0.3 is 5.97 Å². The van der Waals surface area contributed by atoms with E-state index < -0.39 is 5.97 Å². The SMILES string of the molecule is CCOC(=O)c1cc(N)c(Cl)c(O)c1. The summed E-state index contributed by atoms with van der Waals surface area (Å²) in [4.78, 5) is 11.2. The van der Waals surface area contributed by atoms with Crippen molar-refractivity contribution in [3.63, 3.8) is 0 Å². The summed E-state index contributed by atoms with van der Waals surface area (Å²) in [6.45, 7) is 1.96. The van der Waals surface area contributed by atoms with Gasteiger partial charge in [-0.05, 0) is 19.1 Å². The predicted octanol–water partition coefficient (Wildman–Crippen LogP) is 1.80. The molecule has 0 amide bonds. The highest BCUT2D eigenvalue weighted by atomic mass is 35.5. The molecule has 76 valence electrons. The number of phenolic OH excluding ortho intramolecular Hbond substituents is 1. The predicted molar refractivity (Wildman–Crippen MR) is 53.5 cm³/mol. The van der Waals surface area contributed by atoms with E-state index in [9.17, 15) is 9.90 Å². The van der Waals surface area contributed by atoms with E-state index in [-0.39, 0.29) is 28.6 Å². The first kappa shape index (κ1) is 10.7. The molecule has 0 unspecified atom stereocenters. The maximum atomic E-state index is 11.2. The van der Waals surface area contributed by atoms with Crippen LogP contribution in [0.3, 0.4) is 0 Å². The standard InChI is InChI=1S/C9H10ClNO3/c1-2-14-9(13)5-3-6(11)8(10)7(12)4-5/h3-4,12H,2,11H2,1H3. The monoisotopic (exact) mass is 215 g/mol. The molecule has 1 aromatic carbocycles. The molecule has 0 radical (unpaired) electrons. The molecule has 0 spiro atoms. The van der Waals surface area contributed by atoms with Gasteiger partial charge < -0.3 is 15.6 Å². The molecular weight excluding hydrogens is 206 g/mol. The van der Waals surface area contributed by atoms with Crippen molar-refractivity contribution in [1.29, 1.82) is 0 Å². The van der Waals surface area contributed by atoms with Crippen molar-refractivity contribution in [2.24, 2.45) is 0 Å². The van der Waals surface area contributed by atoms with Crippen LogP contribution in [-0.4, -0.2) is 17.7 Å². The summed E-state index contributed by atoms with van der Waals surface area (Å²) in [7, 11) is 0. The number of phenols is 1. The largest absolute Gasteiger partial charge is 0.506 e. The number of anilines is 1. The summed E-state index contributed by atoms with van der Waals surface area (Å²) in [5.74, 6) is -0.763. The maximum absolute atomic E-state index is 11.2. The van der Waals surface area contributed by atoms with Gasteiger partial charge in [0.25, 0.3) is 0 Å². The highest BCUT2D eigenvalue weighted by Crippen LogP contribution is 2.30. The minimum absolute atomic E-state index is 0.0399. The number of hydrogen-bond acceptors (Lipinski definition) is 4. The number of nitrogens with two attached hydrogens (primary N) is 1. The lowest BCUT2D eigenvalue weighted by Gasteiger charge is -2.05. The molecule has 5 heteroatoms. The van der Waals surface area contributed by atoms with Crippen LogP contribution in [0.1, 0.15) is 17.3 Å². The fourth-order valence-corrected chi connectivity index (χ4v) is 1.07. The average Bonchev–Trinajstić information content (AvgIpc) is 2.13. The Morgan fingerprint density at radius 3 is 2.79 bits per heavy atom. The number of benzene rings is 1. The van der Waals surface area contributed by atoms with Crippen molar-refractivity contribution in [3.8, 4) is 5.75 Å². The van der Waals surface area contributed by atoms with Crippen LogP contribution in [0.4, 0.5) is 5.69 Å². The van der Waals surface area contributed by atoms with E-state index in [1.807, 2.05) is 0 Å². The van der Waals surface area contributed by atoms with E-state index in [4.69, 9.17) is 22.1 Å². The normalized spacial score (nSPS) is 9.86. The molecule has 0 aliphatic heterocycles. The second kappa shape index (κ2) is 4.19. The Hall–Kier alpha value is -1.42. The molecule has 0 saturated heterocycles. The van der Waals surface area contributed by atoms with Gasteiger partial charge in [0.05, 0.1) is 17.9 Å². The minimum atomic E-state index is -0.536. The molecule has 0 bridgehead atoms. The molecule has 0 aromatic heterocycles. The third-order valence-corrected chi connectivity index (χ3v) is 2.00. The van der Waals surface area contributed by atoms with Crippen LogP contribution in [0.2, 0.25) is 5.02 Å². The van der Waals surface area contributed by atoms with Crippen LogP contribution in [0.25, 0.3) is 0 Å². The molecule has 0 aliphatic rings. The second-order valence-corrected chi connectivity index (χ2v) is 3.00. The second-order valence-electron chi connectivity index (χ2n) is 2.62. The Labute approximate surface area is 86.2 Å². The first-order valence-corrected chi connectivity index (χ1v) is 4.39. The van der Waals surface area contributed by atoms with Crippen LogP contribution >= 0.6 is 11.6 Å². The number of esters is 1. The molecule has 0 aliphatic carbocycles. The third-order valence-electron chi connectivity index (χ3n) is 1.59. The summed E-state index contributed by atoms with van der Waals surface area (Å²) >= 11 is 5.60. The molecular formula is C9H10ClNO3. The van der Waals surface area contributed by atoms with Crippen LogP contribution in [-0.2, 0) is 4.74 Å². The van der Waals surface area contributed by atoms with Crippen LogP contribution in [0.15, 0.2) is 12.1 Å². The summed E-state index contributed by atoms with van der Waals surface area (Å²) in [5.41, 5.74) is 5.79. The van der Waals surface area contributed by atoms with Gasteiger partial charge in [-0.25, -0.2) is 4.79 Å². The quantitative estimate of drug-likeness (QED) is 0.583. The number of aromatic hydroxyl groups is 1. The van der Waals surface area contributed by atoms with E-state index >= 15 is 0 Å². The van der Waals surface area contributed by atoms with Crippen molar-refractivity contribution in [2.75, 3.05) is 12.3 Å². The topological polar surface area (TPSA) is 72.5 Å². The van der Waals surface area contributed by atoms with Gasteiger partial charge in [0.2, 0.25) is 0 Å². The van der Waals surface area contributed by atoms with Gasteiger partial charge in [0.15, 0.2) is 0 Å². The Morgan fingerprint density at radius 2 is 2.29 bits per heavy atom.